The minimum absolute atomic E-state index is 0.0100. The number of carbonyl (C=O) groups excluding carboxylic acids is 1. The van der Waals surface area contributed by atoms with Gasteiger partial charge >= 0.3 is 12.0 Å². The molecule has 0 aliphatic heterocycles. The molecule has 0 bridgehead atoms. The molecule has 1 atom stereocenters. The number of nitrogens with one attached hydrogen (secondary N) is 1. The summed E-state index contributed by atoms with van der Waals surface area (Å²) < 4.78 is 0. The van der Waals surface area contributed by atoms with E-state index in [1.165, 1.54) is 4.90 Å². The average molecular weight is 310 g/mol. The molecule has 0 aliphatic carbocycles. The number of anilines is 1. The van der Waals surface area contributed by atoms with Crippen LogP contribution in [0, 0.1) is 6.92 Å². The number of thioether (sulfide) groups is 1. The van der Waals surface area contributed by atoms with E-state index in [2.05, 4.69) is 12.2 Å². The molecule has 0 fully saturated rings. The third kappa shape index (κ3) is 6.08. The van der Waals surface area contributed by atoms with Gasteiger partial charge in [-0.15, -0.1) is 0 Å². The largest absolute Gasteiger partial charge is 0.480 e. The van der Waals surface area contributed by atoms with Crippen molar-refractivity contribution >= 4 is 29.4 Å². The summed E-state index contributed by atoms with van der Waals surface area (Å²) in [6.07, 6.45) is 0. The van der Waals surface area contributed by atoms with Gasteiger partial charge in [-0.05, 0) is 31.7 Å². The van der Waals surface area contributed by atoms with E-state index in [-0.39, 0.29) is 18.6 Å². The molecule has 1 aromatic carbocycles. The number of aliphatic carboxylic acids is 1. The lowest BCUT2D eigenvalue weighted by Gasteiger charge is -2.24. The van der Waals surface area contributed by atoms with Crippen molar-refractivity contribution in [2.75, 3.05) is 23.0 Å². The molecule has 21 heavy (non-hydrogen) atoms. The van der Waals surface area contributed by atoms with Crippen LogP contribution in [0.15, 0.2) is 24.3 Å². The number of benzene rings is 1. The number of nitrogens with zero attached hydrogens (tertiary/aromatic N) is 1. The number of amides is 2. The molecule has 0 spiro atoms. The third-order valence-electron chi connectivity index (χ3n) is 2.83. The highest BCUT2D eigenvalue weighted by Crippen LogP contribution is 2.15. The van der Waals surface area contributed by atoms with Crippen LogP contribution in [-0.4, -0.2) is 41.2 Å². The minimum atomic E-state index is -1.04. The molecule has 5 nitrogen and oxygen atoms in total. The van der Waals surface area contributed by atoms with E-state index in [0.717, 1.165) is 17.1 Å². The van der Waals surface area contributed by atoms with Gasteiger partial charge in [-0.1, -0.05) is 24.6 Å². The molecule has 6 heteroatoms. The third-order valence-corrected chi connectivity index (χ3v) is 3.97. The van der Waals surface area contributed by atoms with Crippen LogP contribution in [-0.2, 0) is 4.79 Å². The summed E-state index contributed by atoms with van der Waals surface area (Å²) in [5, 5.41) is 11.8. The summed E-state index contributed by atoms with van der Waals surface area (Å²) in [4.78, 5) is 24.5. The zero-order valence-electron chi connectivity index (χ0n) is 12.6. The highest BCUT2D eigenvalue weighted by Gasteiger charge is 2.20. The van der Waals surface area contributed by atoms with E-state index in [1.54, 1.807) is 23.9 Å². The average Bonchev–Trinajstić information content (AvgIpc) is 2.43. The monoisotopic (exact) mass is 310 g/mol. The van der Waals surface area contributed by atoms with Gasteiger partial charge < -0.3 is 10.4 Å². The molecular formula is C15H22N2O3S. The van der Waals surface area contributed by atoms with Crippen molar-refractivity contribution in [3.8, 4) is 0 Å². The number of hydrogen-bond donors (Lipinski definition) is 2. The summed E-state index contributed by atoms with van der Waals surface area (Å²) in [5.41, 5.74) is 1.64. The van der Waals surface area contributed by atoms with Crippen LogP contribution >= 0.6 is 11.8 Å². The molecule has 1 rings (SSSR count). The van der Waals surface area contributed by atoms with Crippen molar-refractivity contribution < 1.29 is 14.7 Å². The Morgan fingerprint density at radius 1 is 1.33 bits per heavy atom. The number of carbonyl (C=O) groups is 2. The number of carboxylic acids is 1. The lowest BCUT2D eigenvalue weighted by molar-refractivity contribution is -0.135. The zero-order valence-corrected chi connectivity index (χ0v) is 13.4. The van der Waals surface area contributed by atoms with E-state index in [9.17, 15) is 9.59 Å². The summed E-state index contributed by atoms with van der Waals surface area (Å²) in [5.74, 6) is 0.745. The van der Waals surface area contributed by atoms with E-state index >= 15 is 0 Å². The lowest BCUT2D eigenvalue weighted by atomic mass is 10.2. The molecule has 0 saturated carbocycles. The molecule has 0 heterocycles. The van der Waals surface area contributed by atoms with E-state index in [4.69, 9.17) is 5.11 Å². The fourth-order valence-corrected chi connectivity index (χ4v) is 2.44. The Bertz CT molecular complexity index is 476. The molecule has 1 aromatic rings. The first-order valence-corrected chi connectivity index (χ1v) is 8.03. The van der Waals surface area contributed by atoms with Crippen LogP contribution < -0.4 is 10.2 Å². The Morgan fingerprint density at radius 3 is 2.48 bits per heavy atom. The fraction of sp³-hybridized carbons (Fsp3) is 0.467. The van der Waals surface area contributed by atoms with Gasteiger partial charge in [-0.2, -0.15) is 11.8 Å². The van der Waals surface area contributed by atoms with Gasteiger partial charge in [0.1, 0.15) is 6.54 Å². The second-order valence-corrected chi connectivity index (χ2v) is 6.14. The molecule has 0 aromatic heterocycles. The topological polar surface area (TPSA) is 69.6 Å². The Labute approximate surface area is 129 Å². The minimum Gasteiger partial charge on any atom is -0.480 e. The standard InChI is InChI=1S/C15H22N2O3S/c1-4-21-10-12(3)16-15(20)17(9-14(18)19)13-7-5-11(2)6-8-13/h5-8,12H,4,9-10H2,1-3H3,(H,16,20)(H,18,19). The normalized spacial score (nSPS) is 11.8. The van der Waals surface area contributed by atoms with E-state index in [1.807, 2.05) is 26.0 Å². The summed E-state index contributed by atoms with van der Waals surface area (Å²) in [6.45, 7) is 5.55. The van der Waals surface area contributed by atoms with Crippen molar-refractivity contribution in [1.29, 1.82) is 0 Å². The number of carboxylic acid groups (broad SMARTS) is 1. The SMILES string of the molecule is CCSCC(C)NC(=O)N(CC(=O)O)c1ccc(C)cc1. The predicted octanol–water partition coefficient (Wildman–Crippen LogP) is 2.74. The number of urea groups is 1. The van der Waals surface area contributed by atoms with Crippen molar-refractivity contribution in [2.24, 2.45) is 0 Å². The predicted molar refractivity (Wildman–Crippen MR) is 87.2 cm³/mol. The number of aryl methyl sites for hydroxylation is 1. The van der Waals surface area contributed by atoms with Gasteiger partial charge in [-0.25, -0.2) is 4.79 Å². The maximum absolute atomic E-state index is 12.3. The molecule has 116 valence electrons. The lowest BCUT2D eigenvalue weighted by Crippen LogP contribution is -2.46. The molecule has 0 radical (unpaired) electrons. The molecule has 0 saturated heterocycles. The molecule has 2 N–H and O–H groups in total. The van der Waals surface area contributed by atoms with Crippen LogP contribution in [0.1, 0.15) is 19.4 Å². The van der Waals surface area contributed by atoms with Crippen LogP contribution in [0.5, 0.6) is 0 Å². The van der Waals surface area contributed by atoms with Crippen molar-refractivity contribution in [2.45, 2.75) is 26.8 Å². The maximum Gasteiger partial charge on any atom is 0.323 e. The molecule has 2 amide bonds. The molecule has 1 unspecified atom stereocenters. The van der Waals surface area contributed by atoms with Crippen molar-refractivity contribution in [3.05, 3.63) is 29.8 Å². The maximum atomic E-state index is 12.3. The number of hydrogen-bond acceptors (Lipinski definition) is 3. The van der Waals surface area contributed by atoms with Crippen LogP contribution in [0.3, 0.4) is 0 Å². The first-order valence-electron chi connectivity index (χ1n) is 6.88. The van der Waals surface area contributed by atoms with Gasteiger partial charge in [-0.3, -0.25) is 9.69 Å². The fourth-order valence-electron chi connectivity index (χ4n) is 1.77. The van der Waals surface area contributed by atoms with Gasteiger partial charge in [0, 0.05) is 17.5 Å². The van der Waals surface area contributed by atoms with Gasteiger partial charge in [0.15, 0.2) is 0 Å². The Hall–Kier alpha value is -1.69. The van der Waals surface area contributed by atoms with Crippen LogP contribution in [0.2, 0.25) is 0 Å². The van der Waals surface area contributed by atoms with Gasteiger partial charge in [0.05, 0.1) is 0 Å². The van der Waals surface area contributed by atoms with E-state index < -0.39 is 5.97 Å². The summed E-state index contributed by atoms with van der Waals surface area (Å²) in [7, 11) is 0. The van der Waals surface area contributed by atoms with Crippen molar-refractivity contribution in [1.82, 2.24) is 5.32 Å². The summed E-state index contributed by atoms with van der Waals surface area (Å²) in [6, 6.07) is 6.82. The Balaban J connectivity index is 2.79. The molecule has 0 aliphatic rings. The second kappa shape index (κ2) is 8.56. The number of rotatable bonds is 7. The first kappa shape index (κ1) is 17.4. The van der Waals surface area contributed by atoms with Crippen LogP contribution in [0.25, 0.3) is 0 Å². The molecular weight excluding hydrogens is 288 g/mol. The highest BCUT2D eigenvalue weighted by atomic mass is 32.2. The Kier molecular flexibility index (Phi) is 7.08. The van der Waals surface area contributed by atoms with Crippen molar-refractivity contribution in [3.63, 3.8) is 0 Å². The highest BCUT2D eigenvalue weighted by molar-refractivity contribution is 7.99. The van der Waals surface area contributed by atoms with Gasteiger partial charge in [0.2, 0.25) is 0 Å². The smallest absolute Gasteiger partial charge is 0.323 e. The quantitative estimate of drug-likeness (QED) is 0.812. The summed E-state index contributed by atoms with van der Waals surface area (Å²) >= 11 is 1.73. The zero-order chi connectivity index (χ0) is 15.8. The second-order valence-electron chi connectivity index (χ2n) is 4.83. The Morgan fingerprint density at radius 2 is 1.95 bits per heavy atom. The van der Waals surface area contributed by atoms with E-state index in [0.29, 0.717) is 5.69 Å². The van der Waals surface area contributed by atoms with Gasteiger partial charge in [0.25, 0.3) is 0 Å². The first-order chi connectivity index (χ1) is 9.93. The van der Waals surface area contributed by atoms with Crippen LogP contribution in [0.4, 0.5) is 10.5 Å².